The third-order valence-corrected chi connectivity index (χ3v) is 3.87. The summed E-state index contributed by atoms with van der Waals surface area (Å²) in [6.07, 6.45) is 4.46. The van der Waals surface area contributed by atoms with Gasteiger partial charge in [0.15, 0.2) is 0 Å². The van der Waals surface area contributed by atoms with Crippen molar-refractivity contribution in [3.05, 3.63) is 24.0 Å². The van der Waals surface area contributed by atoms with Crippen LogP contribution in [0, 0.1) is 5.92 Å². The van der Waals surface area contributed by atoms with E-state index in [9.17, 15) is 4.79 Å². The van der Waals surface area contributed by atoms with Crippen LogP contribution in [0.25, 0.3) is 0 Å². The Bertz CT molecular complexity index is 487. The molecule has 0 radical (unpaired) electrons. The van der Waals surface area contributed by atoms with Crippen molar-refractivity contribution in [2.24, 2.45) is 5.92 Å². The lowest BCUT2D eigenvalue weighted by atomic mass is 10.1. The molecule has 2 rings (SSSR count). The van der Waals surface area contributed by atoms with Gasteiger partial charge in [-0.05, 0) is 18.4 Å². The molecule has 2 N–H and O–H groups in total. The maximum atomic E-state index is 12.2. The van der Waals surface area contributed by atoms with Crippen LogP contribution in [-0.4, -0.2) is 61.7 Å². The first-order chi connectivity index (χ1) is 11.1. The van der Waals surface area contributed by atoms with E-state index in [1.165, 1.54) is 0 Å². The molecule has 0 bridgehead atoms. The molecule has 6 heteroatoms. The highest BCUT2D eigenvalue weighted by atomic mass is 16.5. The molecule has 1 amide bonds. The van der Waals surface area contributed by atoms with Gasteiger partial charge in [0.25, 0.3) is 5.91 Å². The average molecular weight is 320 g/mol. The predicted octanol–water partition coefficient (Wildman–Crippen LogP) is 1.60. The largest absolute Gasteiger partial charge is 0.384 e. The zero-order valence-electron chi connectivity index (χ0n) is 14.2. The van der Waals surface area contributed by atoms with Gasteiger partial charge >= 0.3 is 0 Å². The van der Waals surface area contributed by atoms with E-state index in [4.69, 9.17) is 4.74 Å². The lowest BCUT2D eigenvalue weighted by Gasteiger charge is -2.26. The van der Waals surface area contributed by atoms with Crippen LogP contribution >= 0.6 is 0 Å². The number of ether oxygens (including phenoxy) is 1. The van der Waals surface area contributed by atoms with Crippen molar-refractivity contribution in [3.8, 4) is 0 Å². The number of nitrogens with zero attached hydrogens (tertiary/aromatic N) is 2. The minimum atomic E-state index is -0.0710. The molecule has 1 aliphatic rings. The second-order valence-electron chi connectivity index (χ2n) is 6.28. The van der Waals surface area contributed by atoms with Gasteiger partial charge in [0, 0.05) is 45.1 Å². The van der Waals surface area contributed by atoms with Gasteiger partial charge in [0.1, 0.15) is 0 Å². The molecule has 0 atom stereocenters. The smallest absolute Gasteiger partial charge is 0.252 e. The molecule has 1 aliphatic heterocycles. The van der Waals surface area contributed by atoms with Gasteiger partial charge in [-0.3, -0.25) is 14.7 Å². The molecule has 0 spiro atoms. The molecule has 23 heavy (non-hydrogen) atoms. The number of anilines is 1. The third-order valence-electron chi connectivity index (χ3n) is 3.87. The van der Waals surface area contributed by atoms with Gasteiger partial charge in [-0.25, -0.2) is 0 Å². The number of aromatic nitrogens is 1. The normalized spacial score (nSPS) is 15.6. The molecule has 1 aromatic rings. The van der Waals surface area contributed by atoms with E-state index >= 15 is 0 Å². The minimum Gasteiger partial charge on any atom is -0.384 e. The molecule has 2 heterocycles. The lowest BCUT2D eigenvalue weighted by Crippen LogP contribution is -2.41. The molecule has 1 saturated heterocycles. The monoisotopic (exact) mass is 320 g/mol. The molecule has 0 unspecified atom stereocenters. The summed E-state index contributed by atoms with van der Waals surface area (Å²) in [5, 5.41) is 6.27. The van der Waals surface area contributed by atoms with E-state index in [1.807, 2.05) is 6.07 Å². The van der Waals surface area contributed by atoms with Crippen LogP contribution < -0.4 is 10.6 Å². The summed E-state index contributed by atoms with van der Waals surface area (Å²) in [6.45, 7) is 10.2. The number of morpholine rings is 1. The second-order valence-corrected chi connectivity index (χ2v) is 6.28. The SMILES string of the molecule is CC(C)CCNc1cncc(C(=O)NCCN2CCOCC2)c1. The first-order valence-corrected chi connectivity index (χ1v) is 8.42. The van der Waals surface area contributed by atoms with Crippen molar-refractivity contribution in [2.75, 3.05) is 51.3 Å². The van der Waals surface area contributed by atoms with Crippen molar-refractivity contribution in [1.29, 1.82) is 0 Å². The van der Waals surface area contributed by atoms with Crippen molar-refractivity contribution in [3.63, 3.8) is 0 Å². The van der Waals surface area contributed by atoms with E-state index in [-0.39, 0.29) is 5.91 Å². The number of rotatable bonds is 8. The summed E-state index contributed by atoms with van der Waals surface area (Å²) < 4.78 is 5.31. The lowest BCUT2D eigenvalue weighted by molar-refractivity contribution is 0.0383. The van der Waals surface area contributed by atoms with Crippen LogP contribution in [-0.2, 0) is 4.74 Å². The standard InChI is InChI=1S/C17H28N4O2/c1-14(2)3-4-19-16-11-15(12-18-13-16)17(22)20-5-6-21-7-9-23-10-8-21/h11-14,19H,3-10H2,1-2H3,(H,20,22). The second kappa shape index (κ2) is 9.47. The summed E-state index contributed by atoms with van der Waals surface area (Å²) in [6, 6.07) is 1.86. The van der Waals surface area contributed by atoms with Gasteiger partial charge in [0.05, 0.1) is 24.5 Å². The Morgan fingerprint density at radius 1 is 1.30 bits per heavy atom. The molecule has 0 aliphatic carbocycles. The van der Waals surface area contributed by atoms with E-state index < -0.39 is 0 Å². The Kier molecular flexibility index (Phi) is 7.29. The van der Waals surface area contributed by atoms with Crippen molar-refractivity contribution >= 4 is 11.6 Å². The predicted molar refractivity (Wildman–Crippen MR) is 91.8 cm³/mol. The molecular weight excluding hydrogens is 292 g/mol. The fraction of sp³-hybridized carbons (Fsp3) is 0.647. The fourth-order valence-corrected chi connectivity index (χ4v) is 2.42. The summed E-state index contributed by atoms with van der Waals surface area (Å²) in [7, 11) is 0. The maximum Gasteiger partial charge on any atom is 0.252 e. The minimum absolute atomic E-state index is 0.0710. The van der Waals surface area contributed by atoms with Crippen LogP contribution in [0.1, 0.15) is 30.6 Å². The highest BCUT2D eigenvalue weighted by molar-refractivity contribution is 5.94. The van der Waals surface area contributed by atoms with Gasteiger partial charge < -0.3 is 15.4 Å². The Balaban J connectivity index is 1.74. The number of carbonyl (C=O) groups excluding carboxylic acids is 1. The van der Waals surface area contributed by atoms with Crippen LogP contribution in [0.4, 0.5) is 5.69 Å². The van der Waals surface area contributed by atoms with E-state index in [0.717, 1.165) is 51.5 Å². The molecule has 1 fully saturated rings. The Hall–Kier alpha value is -1.66. The number of nitrogens with one attached hydrogen (secondary N) is 2. The molecule has 1 aromatic heterocycles. The number of pyridine rings is 1. The zero-order valence-corrected chi connectivity index (χ0v) is 14.2. The van der Waals surface area contributed by atoms with Gasteiger partial charge in [0.2, 0.25) is 0 Å². The summed E-state index contributed by atoms with van der Waals surface area (Å²) >= 11 is 0. The molecule has 0 saturated carbocycles. The van der Waals surface area contributed by atoms with Crippen LogP contribution in [0.5, 0.6) is 0 Å². The molecule has 128 valence electrons. The fourth-order valence-electron chi connectivity index (χ4n) is 2.42. The highest BCUT2D eigenvalue weighted by Crippen LogP contribution is 2.09. The number of hydrogen-bond donors (Lipinski definition) is 2. The number of hydrogen-bond acceptors (Lipinski definition) is 5. The van der Waals surface area contributed by atoms with Crippen LogP contribution in [0.2, 0.25) is 0 Å². The highest BCUT2D eigenvalue weighted by Gasteiger charge is 2.11. The quantitative estimate of drug-likeness (QED) is 0.762. The van der Waals surface area contributed by atoms with Crippen molar-refractivity contribution in [1.82, 2.24) is 15.2 Å². The Morgan fingerprint density at radius 3 is 2.83 bits per heavy atom. The first kappa shape index (κ1) is 17.7. The average Bonchev–Trinajstić information content (AvgIpc) is 2.56. The van der Waals surface area contributed by atoms with E-state index in [0.29, 0.717) is 18.0 Å². The third kappa shape index (κ3) is 6.54. The number of amides is 1. The summed E-state index contributed by atoms with van der Waals surface area (Å²) in [4.78, 5) is 18.6. The van der Waals surface area contributed by atoms with E-state index in [1.54, 1.807) is 12.4 Å². The Labute approximate surface area is 138 Å². The van der Waals surface area contributed by atoms with E-state index in [2.05, 4.69) is 34.4 Å². The van der Waals surface area contributed by atoms with Crippen LogP contribution in [0.15, 0.2) is 18.5 Å². The van der Waals surface area contributed by atoms with Crippen LogP contribution in [0.3, 0.4) is 0 Å². The Morgan fingerprint density at radius 2 is 2.09 bits per heavy atom. The molecular formula is C17H28N4O2. The van der Waals surface area contributed by atoms with Gasteiger partial charge in [-0.1, -0.05) is 13.8 Å². The van der Waals surface area contributed by atoms with Crippen molar-refractivity contribution < 1.29 is 9.53 Å². The maximum absolute atomic E-state index is 12.2. The topological polar surface area (TPSA) is 66.5 Å². The molecule has 6 nitrogen and oxygen atoms in total. The number of carbonyl (C=O) groups is 1. The van der Waals surface area contributed by atoms with Gasteiger partial charge in [-0.2, -0.15) is 0 Å². The summed E-state index contributed by atoms with van der Waals surface area (Å²) in [5.74, 6) is 0.584. The summed E-state index contributed by atoms with van der Waals surface area (Å²) in [5.41, 5.74) is 1.49. The van der Waals surface area contributed by atoms with Crippen molar-refractivity contribution in [2.45, 2.75) is 20.3 Å². The first-order valence-electron chi connectivity index (χ1n) is 8.42. The zero-order chi connectivity index (χ0) is 16.5. The van der Waals surface area contributed by atoms with Gasteiger partial charge in [-0.15, -0.1) is 0 Å². The molecule has 0 aromatic carbocycles.